The minimum Gasteiger partial charge on any atom is -0.468 e. The number of nitrogens with zero attached hydrogens (tertiary/aromatic N) is 1. The maximum Gasteiger partial charge on any atom is 0.322 e. The molecule has 1 N–H and O–H groups in total. The Morgan fingerprint density at radius 2 is 2.22 bits per heavy atom. The molecule has 104 valence electrons. The fourth-order valence-corrected chi connectivity index (χ4v) is 2.67. The molecule has 0 bridgehead atoms. The molecule has 1 aliphatic carbocycles. The second kappa shape index (κ2) is 5.57. The first-order valence-corrected chi connectivity index (χ1v) is 7.06. The summed E-state index contributed by atoms with van der Waals surface area (Å²) in [5.74, 6) is -0.111. The third-order valence-electron chi connectivity index (χ3n) is 3.99. The lowest BCUT2D eigenvalue weighted by Gasteiger charge is -2.22. The molecule has 0 aromatic heterocycles. The number of hydrogen-bond acceptors (Lipinski definition) is 4. The number of rotatable bonds is 6. The van der Waals surface area contributed by atoms with Crippen LogP contribution < -0.4 is 5.32 Å². The largest absolute Gasteiger partial charge is 0.468 e. The van der Waals surface area contributed by atoms with Crippen LogP contribution in [-0.2, 0) is 9.53 Å². The van der Waals surface area contributed by atoms with Crippen LogP contribution in [0.4, 0.5) is 0 Å². The van der Waals surface area contributed by atoms with Crippen molar-refractivity contribution in [3.8, 4) is 0 Å². The summed E-state index contributed by atoms with van der Waals surface area (Å²) in [6.45, 7) is 7.91. The molecule has 0 aromatic rings. The van der Waals surface area contributed by atoms with Gasteiger partial charge in [-0.05, 0) is 37.6 Å². The highest BCUT2D eigenvalue weighted by molar-refractivity contribution is 5.75. The van der Waals surface area contributed by atoms with Gasteiger partial charge in [-0.1, -0.05) is 13.8 Å². The normalized spacial score (nSPS) is 25.1. The Kier molecular flexibility index (Phi) is 4.28. The Bertz CT molecular complexity index is 300. The van der Waals surface area contributed by atoms with Crippen LogP contribution >= 0.6 is 0 Å². The van der Waals surface area contributed by atoms with Gasteiger partial charge in [0.15, 0.2) is 0 Å². The SMILES string of the molecule is COC(=O)C(CCN1CCC(C)(C)C1)NC1CC1. The molecule has 0 radical (unpaired) electrons. The van der Waals surface area contributed by atoms with Crippen LogP contribution in [0.5, 0.6) is 0 Å². The Labute approximate surface area is 110 Å². The van der Waals surface area contributed by atoms with Crippen LogP contribution in [0.3, 0.4) is 0 Å². The first kappa shape index (κ1) is 13.8. The average molecular weight is 254 g/mol. The predicted octanol–water partition coefficient (Wildman–Crippen LogP) is 1.40. The lowest BCUT2D eigenvalue weighted by molar-refractivity contribution is -0.143. The fourth-order valence-electron chi connectivity index (χ4n) is 2.67. The monoisotopic (exact) mass is 254 g/mol. The standard InChI is InChI=1S/C14H26N2O2/c1-14(2)7-9-16(10-14)8-6-12(13(17)18-3)15-11-4-5-11/h11-12,15H,4-10H2,1-3H3. The van der Waals surface area contributed by atoms with E-state index >= 15 is 0 Å². The molecule has 1 aliphatic heterocycles. The molecular formula is C14H26N2O2. The van der Waals surface area contributed by atoms with Crippen LogP contribution in [0.15, 0.2) is 0 Å². The summed E-state index contributed by atoms with van der Waals surface area (Å²) in [7, 11) is 1.48. The van der Waals surface area contributed by atoms with Gasteiger partial charge in [-0.15, -0.1) is 0 Å². The van der Waals surface area contributed by atoms with Crippen molar-refractivity contribution in [1.82, 2.24) is 10.2 Å². The lowest BCUT2D eigenvalue weighted by Crippen LogP contribution is -2.41. The van der Waals surface area contributed by atoms with Gasteiger partial charge >= 0.3 is 5.97 Å². The summed E-state index contributed by atoms with van der Waals surface area (Å²) in [5, 5.41) is 3.39. The van der Waals surface area contributed by atoms with Crippen molar-refractivity contribution >= 4 is 5.97 Å². The molecule has 1 unspecified atom stereocenters. The van der Waals surface area contributed by atoms with Gasteiger partial charge in [-0.2, -0.15) is 0 Å². The van der Waals surface area contributed by atoms with Crippen molar-refractivity contribution in [2.24, 2.45) is 5.41 Å². The smallest absolute Gasteiger partial charge is 0.322 e. The van der Waals surface area contributed by atoms with Gasteiger partial charge < -0.3 is 15.0 Å². The predicted molar refractivity (Wildman–Crippen MR) is 71.4 cm³/mol. The highest BCUT2D eigenvalue weighted by atomic mass is 16.5. The van der Waals surface area contributed by atoms with E-state index in [0.29, 0.717) is 11.5 Å². The molecule has 0 aromatic carbocycles. The zero-order valence-electron chi connectivity index (χ0n) is 11.9. The van der Waals surface area contributed by atoms with Gasteiger partial charge in [0.05, 0.1) is 7.11 Å². The molecule has 1 heterocycles. The van der Waals surface area contributed by atoms with Crippen LogP contribution in [0.2, 0.25) is 0 Å². The molecule has 2 fully saturated rings. The van der Waals surface area contributed by atoms with E-state index in [2.05, 4.69) is 24.1 Å². The number of carbonyl (C=O) groups is 1. The molecule has 0 amide bonds. The van der Waals surface area contributed by atoms with E-state index in [0.717, 1.165) is 26.1 Å². The van der Waals surface area contributed by atoms with Crippen LogP contribution in [0, 0.1) is 5.41 Å². The van der Waals surface area contributed by atoms with Crippen molar-refractivity contribution in [2.75, 3.05) is 26.7 Å². The number of carbonyl (C=O) groups excluding carboxylic acids is 1. The summed E-state index contributed by atoms with van der Waals surface area (Å²) in [6, 6.07) is 0.426. The Balaban J connectivity index is 1.76. The van der Waals surface area contributed by atoms with Crippen molar-refractivity contribution in [3.05, 3.63) is 0 Å². The number of likely N-dealkylation sites (tertiary alicyclic amines) is 1. The highest BCUT2D eigenvalue weighted by Gasteiger charge is 2.32. The van der Waals surface area contributed by atoms with E-state index < -0.39 is 0 Å². The average Bonchev–Trinajstić information content (AvgIpc) is 3.07. The van der Waals surface area contributed by atoms with Gasteiger partial charge in [0, 0.05) is 19.1 Å². The molecule has 1 atom stereocenters. The molecule has 18 heavy (non-hydrogen) atoms. The Morgan fingerprint density at radius 3 is 2.72 bits per heavy atom. The van der Waals surface area contributed by atoms with E-state index in [1.54, 1.807) is 0 Å². The number of ether oxygens (including phenoxy) is 1. The van der Waals surface area contributed by atoms with Crippen molar-refractivity contribution in [1.29, 1.82) is 0 Å². The summed E-state index contributed by atoms with van der Waals surface area (Å²) in [5.41, 5.74) is 0.435. The third kappa shape index (κ3) is 3.95. The number of hydrogen-bond donors (Lipinski definition) is 1. The van der Waals surface area contributed by atoms with Gasteiger partial charge in [0.1, 0.15) is 6.04 Å². The van der Waals surface area contributed by atoms with E-state index in [1.807, 2.05) is 0 Å². The first-order valence-electron chi connectivity index (χ1n) is 7.06. The molecule has 0 spiro atoms. The molecule has 4 heteroatoms. The second-order valence-corrected chi connectivity index (χ2v) is 6.50. The molecular weight excluding hydrogens is 228 g/mol. The molecule has 1 saturated heterocycles. The molecule has 2 aliphatic rings. The van der Waals surface area contributed by atoms with Crippen LogP contribution in [-0.4, -0.2) is 49.7 Å². The van der Waals surface area contributed by atoms with Gasteiger partial charge in [-0.3, -0.25) is 4.79 Å². The zero-order valence-corrected chi connectivity index (χ0v) is 11.9. The lowest BCUT2D eigenvalue weighted by atomic mass is 9.93. The fraction of sp³-hybridized carbons (Fsp3) is 0.929. The van der Waals surface area contributed by atoms with Crippen molar-refractivity contribution < 1.29 is 9.53 Å². The topological polar surface area (TPSA) is 41.6 Å². The first-order chi connectivity index (χ1) is 8.50. The Hall–Kier alpha value is -0.610. The van der Waals surface area contributed by atoms with Gasteiger partial charge in [0.2, 0.25) is 0 Å². The number of methoxy groups -OCH3 is 1. The summed E-state index contributed by atoms with van der Waals surface area (Å²) in [6.07, 6.45) is 4.51. The molecule has 2 rings (SSSR count). The van der Waals surface area contributed by atoms with Gasteiger partial charge in [0.25, 0.3) is 0 Å². The number of nitrogens with one attached hydrogen (secondary N) is 1. The summed E-state index contributed by atoms with van der Waals surface area (Å²) < 4.78 is 4.88. The van der Waals surface area contributed by atoms with Crippen molar-refractivity contribution in [2.45, 2.75) is 51.6 Å². The van der Waals surface area contributed by atoms with E-state index in [-0.39, 0.29) is 12.0 Å². The maximum atomic E-state index is 11.7. The van der Waals surface area contributed by atoms with Crippen LogP contribution in [0.1, 0.15) is 39.5 Å². The number of esters is 1. The van der Waals surface area contributed by atoms with Gasteiger partial charge in [-0.25, -0.2) is 0 Å². The maximum absolute atomic E-state index is 11.7. The van der Waals surface area contributed by atoms with E-state index in [4.69, 9.17) is 4.74 Å². The van der Waals surface area contributed by atoms with Crippen molar-refractivity contribution in [3.63, 3.8) is 0 Å². The van der Waals surface area contributed by atoms with E-state index in [1.165, 1.54) is 26.4 Å². The summed E-state index contributed by atoms with van der Waals surface area (Å²) in [4.78, 5) is 14.2. The third-order valence-corrected chi connectivity index (χ3v) is 3.99. The Morgan fingerprint density at radius 1 is 1.50 bits per heavy atom. The van der Waals surface area contributed by atoms with E-state index in [9.17, 15) is 4.79 Å². The molecule has 1 saturated carbocycles. The minimum absolute atomic E-state index is 0.111. The highest BCUT2D eigenvalue weighted by Crippen LogP contribution is 2.29. The second-order valence-electron chi connectivity index (χ2n) is 6.50. The summed E-state index contributed by atoms with van der Waals surface area (Å²) >= 11 is 0. The van der Waals surface area contributed by atoms with Crippen LogP contribution in [0.25, 0.3) is 0 Å². The molecule has 4 nitrogen and oxygen atoms in total. The quantitative estimate of drug-likeness (QED) is 0.728. The minimum atomic E-state index is -0.119. The zero-order chi connectivity index (χ0) is 13.2.